The molecule has 1 atom stereocenters. The standard InChI is InChI=1S/C6H9ClN4S/c7-5-6(11-12-10-5)9-4-1-2-8-3-4/h4,8H,1-3H2,(H,9,11). The van der Waals surface area contributed by atoms with Crippen LogP contribution in [-0.2, 0) is 0 Å². The van der Waals surface area contributed by atoms with Gasteiger partial charge in [0.05, 0.1) is 11.7 Å². The summed E-state index contributed by atoms with van der Waals surface area (Å²) in [6.07, 6.45) is 1.12. The lowest BCUT2D eigenvalue weighted by atomic mass is 10.3. The minimum Gasteiger partial charge on any atom is -0.363 e. The number of anilines is 1. The number of halogens is 1. The zero-order valence-corrected chi connectivity index (χ0v) is 7.95. The molecular weight excluding hydrogens is 196 g/mol. The van der Waals surface area contributed by atoms with Gasteiger partial charge in [-0.3, -0.25) is 0 Å². The first-order valence-electron chi connectivity index (χ1n) is 3.81. The Hall–Kier alpha value is -0.390. The van der Waals surface area contributed by atoms with E-state index >= 15 is 0 Å². The molecule has 6 heteroatoms. The van der Waals surface area contributed by atoms with Crippen LogP contribution in [0, 0.1) is 0 Å². The lowest BCUT2D eigenvalue weighted by molar-refractivity contribution is 0.790. The molecular formula is C6H9ClN4S. The minimum absolute atomic E-state index is 0.450. The third kappa shape index (κ3) is 1.68. The molecule has 0 radical (unpaired) electrons. The van der Waals surface area contributed by atoms with E-state index in [9.17, 15) is 0 Å². The van der Waals surface area contributed by atoms with Gasteiger partial charge in [0.2, 0.25) is 0 Å². The van der Waals surface area contributed by atoms with Crippen molar-refractivity contribution in [2.45, 2.75) is 12.5 Å². The molecule has 0 aromatic carbocycles. The summed E-state index contributed by atoms with van der Waals surface area (Å²) < 4.78 is 7.91. The van der Waals surface area contributed by atoms with Gasteiger partial charge in [0, 0.05) is 12.6 Å². The van der Waals surface area contributed by atoms with Crippen LogP contribution in [-0.4, -0.2) is 27.9 Å². The normalized spacial score (nSPS) is 22.9. The summed E-state index contributed by atoms with van der Waals surface area (Å²) in [5.74, 6) is 0.718. The van der Waals surface area contributed by atoms with Gasteiger partial charge in [-0.15, -0.1) is 0 Å². The molecule has 1 saturated heterocycles. The van der Waals surface area contributed by atoms with Crippen molar-refractivity contribution in [2.75, 3.05) is 18.4 Å². The van der Waals surface area contributed by atoms with Crippen molar-refractivity contribution in [1.82, 2.24) is 14.1 Å². The van der Waals surface area contributed by atoms with E-state index in [2.05, 4.69) is 19.4 Å². The SMILES string of the molecule is Clc1nsnc1NC1CCNC1. The first-order chi connectivity index (χ1) is 5.86. The molecule has 0 spiro atoms. The Morgan fingerprint density at radius 3 is 3.08 bits per heavy atom. The lowest BCUT2D eigenvalue weighted by Gasteiger charge is -2.08. The van der Waals surface area contributed by atoms with Crippen molar-refractivity contribution >= 4 is 29.1 Å². The molecule has 12 heavy (non-hydrogen) atoms. The van der Waals surface area contributed by atoms with Crippen LogP contribution in [0.2, 0.25) is 5.15 Å². The molecule has 2 N–H and O–H groups in total. The van der Waals surface area contributed by atoms with Crippen LogP contribution in [0.5, 0.6) is 0 Å². The highest BCUT2D eigenvalue weighted by Gasteiger charge is 2.16. The molecule has 1 fully saturated rings. The van der Waals surface area contributed by atoms with Gasteiger partial charge in [0.1, 0.15) is 0 Å². The Kier molecular flexibility index (Phi) is 2.43. The molecule has 0 amide bonds. The average Bonchev–Trinajstić information content (AvgIpc) is 2.65. The molecule has 1 aliphatic rings. The number of hydrogen-bond acceptors (Lipinski definition) is 5. The van der Waals surface area contributed by atoms with Gasteiger partial charge < -0.3 is 10.6 Å². The van der Waals surface area contributed by atoms with E-state index in [0.717, 1.165) is 37.1 Å². The summed E-state index contributed by atoms with van der Waals surface area (Å²) in [6, 6.07) is 0.450. The van der Waals surface area contributed by atoms with E-state index < -0.39 is 0 Å². The van der Waals surface area contributed by atoms with Crippen molar-refractivity contribution in [3.05, 3.63) is 5.15 Å². The Bertz CT molecular complexity index is 258. The average molecular weight is 205 g/mol. The summed E-state index contributed by atoms with van der Waals surface area (Å²) in [5, 5.41) is 6.96. The zero-order chi connectivity index (χ0) is 8.39. The molecule has 1 aromatic heterocycles. The van der Waals surface area contributed by atoms with Crippen molar-refractivity contribution in [2.24, 2.45) is 0 Å². The van der Waals surface area contributed by atoms with Crippen molar-refractivity contribution < 1.29 is 0 Å². The van der Waals surface area contributed by atoms with Gasteiger partial charge in [-0.05, 0) is 13.0 Å². The van der Waals surface area contributed by atoms with Crippen LogP contribution in [0.1, 0.15) is 6.42 Å². The molecule has 1 aromatic rings. The smallest absolute Gasteiger partial charge is 0.186 e. The number of nitrogens with one attached hydrogen (secondary N) is 2. The number of nitrogens with zero attached hydrogens (tertiary/aromatic N) is 2. The molecule has 0 bridgehead atoms. The molecule has 66 valence electrons. The van der Waals surface area contributed by atoms with Crippen LogP contribution >= 0.6 is 23.3 Å². The van der Waals surface area contributed by atoms with E-state index in [4.69, 9.17) is 11.6 Å². The lowest BCUT2D eigenvalue weighted by Crippen LogP contribution is -2.22. The topological polar surface area (TPSA) is 49.8 Å². The molecule has 2 heterocycles. The quantitative estimate of drug-likeness (QED) is 0.754. The summed E-state index contributed by atoms with van der Waals surface area (Å²) in [6.45, 7) is 2.04. The van der Waals surface area contributed by atoms with E-state index in [1.165, 1.54) is 0 Å². The van der Waals surface area contributed by atoms with Gasteiger partial charge in [0.15, 0.2) is 11.0 Å². The van der Waals surface area contributed by atoms with E-state index in [0.29, 0.717) is 11.2 Å². The monoisotopic (exact) mass is 204 g/mol. The van der Waals surface area contributed by atoms with E-state index in [-0.39, 0.29) is 0 Å². The van der Waals surface area contributed by atoms with Crippen LogP contribution in [0.3, 0.4) is 0 Å². The molecule has 1 unspecified atom stereocenters. The number of rotatable bonds is 2. The van der Waals surface area contributed by atoms with Gasteiger partial charge in [-0.25, -0.2) is 0 Å². The summed E-state index contributed by atoms with van der Waals surface area (Å²) in [4.78, 5) is 0. The van der Waals surface area contributed by atoms with Gasteiger partial charge >= 0.3 is 0 Å². The largest absolute Gasteiger partial charge is 0.363 e. The molecule has 0 saturated carbocycles. The van der Waals surface area contributed by atoms with Crippen LogP contribution in [0.25, 0.3) is 0 Å². The van der Waals surface area contributed by atoms with Crippen LogP contribution in [0.15, 0.2) is 0 Å². The zero-order valence-electron chi connectivity index (χ0n) is 6.38. The second kappa shape index (κ2) is 3.55. The number of aromatic nitrogens is 2. The van der Waals surface area contributed by atoms with Gasteiger partial charge in [-0.1, -0.05) is 11.6 Å². The fourth-order valence-electron chi connectivity index (χ4n) is 1.24. The maximum atomic E-state index is 5.77. The molecule has 0 aliphatic carbocycles. The number of hydrogen-bond donors (Lipinski definition) is 2. The molecule has 2 rings (SSSR count). The van der Waals surface area contributed by atoms with Crippen LogP contribution in [0.4, 0.5) is 5.82 Å². The highest BCUT2D eigenvalue weighted by Crippen LogP contribution is 2.19. The van der Waals surface area contributed by atoms with E-state index in [1.807, 2.05) is 0 Å². The molecule has 1 aliphatic heterocycles. The Labute approximate surface area is 79.7 Å². The minimum atomic E-state index is 0.450. The Morgan fingerprint density at radius 2 is 2.50 bits per heavy atom. The fraction of sp³-hybridized carbons (Fsp3) is 0.667. The second-order valence-electron chi connectivity index (χ2n) is 2.74. The van der Waals surface area contributed by atoms with Crippen molar-refractivity contribution in [3.63, 3.8) is 0 Å². The predicted octanol–water partition coefficient (Wildman–Crippen LogP) is 0.965. The summed E-state index contributed by atoms with van der Waals surface area (Å²) in [5.41, 5.74) is 0. The van der Waals surface area contributed by atoms with Gasteiger partial charge in [0.25, 0.3) is 0 Å². The van der Waals surface area contributed by atoms with Crippen LogP contribution < -0.4 is 10.6 Å². The van der Waals surface area contributed by atoms with Gasteiger partial charge in [-0.2, -0.15) is 8.75 Å². The maximum absolute atomic E-state index is 5.77. The first kappa shape index (κ1) is 8.22. The Balaban J connectivity index is 1.98. The highest BCUT2D eigenvalue weighted by molar-refractivity contribution is 6.99. The van der Waals surface area contributed by atoms with E-state index in [1.54, 1.807) is 0 Å². The summed E-state index contributed by atoms with van der Waals surface area (Å²) in [7, 11) is 0. The summed E-state index contributed by atoms with van der Waals surface area (Å²) >= 11 is 6.91. The first-order valence-corrected chi connectivity index (χ1v) is 4.92. The third-order valence-corrected chi connectivity index (χ3v) is 2.74. The highest BCUT2D eigenvalue weighted by atomic mass is 35.5. The Morgan fingerprint density at radius 1 is 1.58 bits per heavy atom. The fourth-order valence-corrected chi connectivity index (χ4v) is 1.89. The van der Waals surface area contributed by atoms with Crippen molar-refractivity contribution in [3.8, 4) is 0 Å². The third-order valence-electron chi connectivity index (χ3n) is 1.85. The van der Waals surface area contributed by atoms with Crippen molar-refractivity contribution in [1.29, 1.82) is 0 Å². The second-order valence-corrected chi connectivity index (χ2v) is 3.62. The predicted molar refractivity (Wildman–Crippen MR) is 49.8 cm³/mol. The molecule has 4 nitrogen and oxygen atoms in total. The maximum Gasteiger partial charge on any atom is 0.186 e.